The fraction of sp³-hybridized carbons (Fsp3) is 0.200. The molecule has 0 aliphatic heterocycles. The van der Waals surface area contributed by atoms with E-state index in [1.807, 2.05) is 0 Å². The van der Waals surface area contributed by atoms with E-state index in [9.17, 15) is 10.0 Å². The number of ether oxygens (including phenoxy) is 1. The van der Waals surface area contributed by atoms with Crippen LogP contribution in [-0.2, 0) is 9.53 Å². The van der Waals surface area contributed by atoms with E-state index in [-0.39, 0.29) is 16.5 Å². The van der Waals surface area contributed by atoms with Crippen LogP contribution in [0.5, 0.6) is 0 Å². The van der Waals surface area contributed by atoms with Gasteiger partial charge in [-0.05, 0) is 6.07 Å². The maximum absolute atomic E-state index is 11.3. The Morgan fingerprint density at radius 3 is 2.75 bits per heavy atom. The highest BCUT2D eigenvalue weighted by Crippen LogP contribution is 2.27. The molecule has 6 nitrogen and oxygen atoms in total. The van der Waals surface area contributed by atoms with Crippen molar-refractivity contribution in [2.75, 3.05) is 12.3 Å². The Labute approximate surface area is 91.8 Å². The fourth-order valence-corrected chi connectivity index (χ4v) is 1.27. The standard InChI is InChI=1S/C10H9N2O4/c1-16-10(13)8(6-11)7-4-2-3-5-9(7)12(14)15/h2-5,8,14H,1H3/q-1/t8-/m1/s1. The van der Waals surface area contributed by atoms with E-state index < -0.39 is 11.9 Å². The second-order valence-electron chi connectivity index (χ2n) is 2.92. The molecule has 0 aliphatic carbocycles. The molecule has 16 heavy (non-hydrogen) atoms. The summed E-state index contributed by atoms with van der Waals surface area (Å²) in [6, 6.07) is 7.48. The summed E-state index contributed by atoms with van der Waals surface area (Å²) in [7, 11) is 1.14. The van der Waals surface area contributed by atoms with Gasteiger partial charge in [-0.25, -0.2) is 0 Å². The van der Waals surface area contributed by atoms with Crippen LogP contribution < -0.4 is 5.23 Å². The van der Waals surface area contributed by atoms with Crippen molar-refractivity contribution >= 4 is 11.7 Å². The van der Waals surface area contributed by atoms with E-state index in [0.717, 1.165) is 7.11 Å². The van der Waals surface area contributed by atoms with E-state index in [4.69, 9.17) is 10.5 Å². The molecular weight excluding hydrogens is 212 g/mol. The number of para-hydroxylation sites is 1. The highest BCUT2D eigenvalue weighted by atomic mass is 16.8. The molecule has 0 heterocycles. The van der Waals surface area contributed by atoms with Crippen LogP contribution in [-0.4, -0.2) is 18.3 Å². The average Bonchev–Trinajstić information content (AvgIpc) is 2.30. The molecule has 0 amide bonds. The number of hydrogen-bond donors (Lipinski definition) is 1. The molecule has 0 aromatic heterocycles. The number of methoxy groups -OCH3 is 1. The van der Waals surface area contributed by atoms with Gasteiger partial charge in [0.1, 0.15) is 0 Å². The summed E-state index contributed by atoms with van der Waals surface area (Å²) in [5.74, 6) is -2.01. The highest BCUT2D eigenvalue weighted by molar-refractivity contribution is 5.83. The minimum atomic E-state index is -1.23. The molecule has 0 aliphatic rings. The quantitative estimate of drug-likeness (QED) is 0.607. The van der Waals surface area contributed by atoms with Crippen molar-refractivity contribution < 1.29 is 14.7 Å². The van der Waals surface area contributed by atoms with Crippen molar-refractivity contribution in [3.8, 4) is 6.07 Å². The van der Waals surface area contributed by atoms with Gasteiger partial charge in [0.25, 0.3) is 0 Å². The first-order chi connectivity index (χ1) is 7.61. The van der Waals surface area contributed by atoms with Crippen LogP contribution >= 0.6 is 0 Å². The van der Waals surface area contributed by atoms with Crippen molar-refractivity contribution in [2.45, 2.75) is 5.92 Å². The van der Waals surface area contributed by atoms with Crippen LogP contribution in [0.1, 0.15) is 11.5 Å². The largest absolute Gasteiger partial charge is 0.733 e. The second kappa shape index (κ2) is 5.11. The van der Waals surface area contributed by atoms with Gasteiger partial charge in [0.2, 0.25) is 0 Å². The first kappa shape index (κ1) is 12.0. The van der Waals surface area contributed by atoms with Crippen LogP contribution in [0, 0.1) is 16.5 Å². The first-order valence-electron chi connectivity index (χ1n) is 4.34. The lowest BCUT2D eigenvalue weighted by atomic mass is 9.99. The van der Waals surface area contributed by atoms with E-state index >= 15 is 0 Å². The third kappa shape index (κ3) is 2.28. The summed E-state index contributed by atoms with van der Waals surface area (Å²) in [6.07, 6.45) is 0. The van der Waals surface area contributed by atoms with Crippen LogP contribution in [0.4, 0.5) is 5.69 Å². The van der Waals surface area contributed by atoms with Crippen molar-refractivity contribution in [1.29, 1.82) is 5.26 Å². The zero-order chi connectivity index (χ0) is 12.1. The second-order valence-corrected chi connectivity index (χ2v) is 2.92. The van der Waals surface area contributed by atoms with Crippen molar-refractivity contribution in [3.63, 3.8) is 0 Å². The molecule has 1 aromatic carbocycles. The summed E-state index contributed by atoms with van der Waals surface area (Å²) in [5, 5.41) is 28.1. The smallest absolute Gasteiger partial charge is 0.327 e. The third-order valence-electron chi connectivity index (χ3n) is 2.02. The molecule has 1 rings (SSSR count). The Kier molecular flexibility index (Phi) is 3.83. The van der Waals surface area contributed by atoms with E-state index in [1.54, 1.807) is 12.1 Å². The predicted octanol–water partition coefficient (Wildman–Crippen LogP) is 1.16. The lowest BCUT2D eigenvalue weighted by molar-refractivity contribution is -0.140. The van der Waals surface area contributed by atoms with Crippen molar-refractivity contribution in [3.05, 3.63) is 35.0 Å². The number of nitrogens with zero attached hydrogens (tertiary/aromatic N) is 2. The summed E-state index contributed by atoms with van der Waals surface area (Å²) >= 11 is 0. The van der Waals surface area contributed by atoms with Crippen LogP contribution in [0.15, 0.2) is 24.3 Å². The molecule has 84 valence electrons. The lowest BCUT2D eigenvalue weighted by Gasteiger charge is -2.25. The molecule has 0 saturated heterocycles. The minimum absolute atomic E-state index is 0.106. The molecule has 0 spiro atoms. The molecule has 1 N–H and O–H groups in total. The molecule has 0 radical (unpaired) electrons. The maximum atomic E-state index is 11.3. The van der Waals surface area contributed by atoms with Gasteiger partial charge in [0.05, 0.1) is 18.9 Å². The Morgan fingerprint density at radius 1 is 1.62 bits per heavy atom. The van der Waals surface area contributed by atoms with Crippen molar-refractivity contribution in [2.24, 2.45) is 0 Å². The monoisotopic (exact) mass is 221 g/mol. The van der Waals surface area contributed by atoms with Gasteiger partial charge in [0.15, 0.2) is 5.92 Å². The maximum Gasteiger partial charge on any atom is 0.327 e. The molecule has 0 saturated carbocycles. The highest BCUT2D eigenvalue weighted by Gasteiger charge is 2.23. The fourth-order valence-electron chi connectivity index (χ4n) is 1.27. The minimum Gasteiger partial charge on any atom is -0.733 e. The van der Waals surface area contributed by atoms with Gasteiger partial charge >= 0.3 is 5.97 Å². The number of hydrogen-bond acceptors (Lipinski definition) is 6. The first-order valence-corrected chi connectivity index (χ1v) is 4.34. The molecule has 0 bridgehead atoms. The SMILES string of the molecule is COC(=O)[C@H](C#N)c1ccccc1N([O-])O. The van der Waals surface area contributed by atoms with Gasteiger partial charge in [-0.2, -0.15) is 5.26 Å². The molecule has 1 aromatic rings. The van der Waals surface area contributed by atoms with Gasteiger partial charge in [-0.15, -0.1) is 0 Å². The molecular formula is C10H9N2O4-. The van der Waals surface area contributed by atoms with E-state index in [1.165, 1.54) is 18.2 Å². The molecule has 0 fully saturated rings. The Morgan fingerprint density at radius 2 is 2.25 bits per heavy atom. The Hall–Kier alpha value is -2.10. The number of rotatable bonds is 3. The third-order valence-corrected chi connectivity index (χ3v) is 2.02. The summed E-state index contributed by atoms with van der Waals surface area (Å²) in [5.41, 5.74) is -0.0474. The number of carbonyl (C=O) groups excluding carboxylic acids is 1. The number of carbonyl (C=O) groups is 1. The van der Waals surface area contributed by atoms with Gasteiger partial charge in [-0.1, -0.05) is 18.2 Å². The zero-order valence-corrected chi connectivity index (χ0v) is 8.45. The van der Waals surface area contributed by atoms with Gasteiger partial charge in [-0.3, -0.25) is 10.0 Å². The Bertz CT molecular complexity index is 425. The van der Waals surface area contributed by atoms with E-state index in [0.29, 0.717) is 0 Å². The number of nitriles is 1. The zero-order valence-electron chi connectivity index (χ0n) is 8.45. The summed E-state index contributed by atoms with van der Waals surface area (Å²) < 4.78 is 4.43. The molecule has 6 heteroatoms. The van der Waals surface area contributed by atoms with Gasteiger partial charge in [0, 0.05) is 5.56 Å². The van der Waals surface area contributed by atoms with Gasteiger partial charge < -0.3 is 15.2 Å². The van der Waals surface area contributed by atoms with Crippen LogP contribution in [0.25, 0.3) is 0 Å². The average molecular weight is 221 g/mol. The molecule has 0 unspecified atom stereocenters. The lowest BCUT2D eigenvalue weighted by Crippen LogP contribution is -2.17. The van der Waals surface area contributed by atoms with E-state index in [2.05, 4.69) is 4.74 Å². The number of esters is 1. The predicted molar refractivity (Wildman–Crippen MR) is 54.4 cm³/mol. The number of benzene rings is 1. The van der Waals surface area contributed by atoms with Crippen LogP contribution in [0.3, 0.4) is 0 Å². The summed E-state index contributed by atoms with van der Waals surface area (Å²) in [4.78, 5) is 11.3. The Balaban J connectivity index is 3.21. The summed E-state index contributed by atoms with van der Waals surface area (Å²) in [6.45, 7) is 0. The number of anilines is 1. The molecule has 1 atom stereocenters. The van der Waals surface area contributed by atoms with Crippen LogP contribution in [0.2, 0.25) is 0 Å². The normalized spacial score (nSPS) is 11.4. The van der Waals surface area contributed by atoms with Crippen molar-refractivity contribution in [1.82, 2.24) is 0 Å². The topological polar surface area (TPSA) is 96.6 Å².